The van der Waals surface area contributed by atoms with Crippen LogP contribution in [0.1, 0.15) is 49.2 Å². The maximum Gasteiger partial charge on any atom is 0.147 e. The fraction of sp³-hybridized carbons (Fsp3) is 0.500. The highest BCUT2D eigenvalue weighted by Crippen LogP contribution is 2.31. The molecule has 0 heterocycles. The lowest BCUT2D eigenvalue weighted by molar-refractivity contribution is -0.116. The molecule has 16 heavy (non-hydrogen) atoms. The van der Waals surface area contributed by atoms with Gasteiger partial charge in [-0.05, 0) is 36.0 Å². The molecule has 1 aromatic carbocycles. The first kappa shape index (κ1) is 13.4. The number of rotatable bonds is 2. The molecule has 0 aliphatic carbocycles. The summed E-state index contributed by atoms with van der Waals surface area (Å²) in [5.74, 6) is 0.147. The van der Waals surface area contributed by atoms with Crippen LogP contribution < -0.4 is 0 Å². The van der Waals surface area contributed by atoms with Crippen LogP contribution in [0.4, 0.5) is 0 Å². The van der Waals surface area contributed by atoms with Crippen molar-refractivity contribution < 1.29 is 4.79 Å². The minimum atomic E-state index is -0.185. The van der Waals surface area contributed by atoms with Gasteiger partial charge in [0.15, 0.2) is 0 Å². The zero-order valence-electron chi connectivity index (χ0n) is 10.6. The second-order valence-electron chi connectivity index (χ2n) is 5.29. The average molecular weight is 283 g/mol. The molecule has 1 aromatic rings. The monoisotopic (exact) mass is 282 g/mol. The van der Waals surface area contributed by atoms with E-state index in [1.165, 1.54) is 5.56 Å². The fourth-order valence-corrected chi connectivity index (χ4v) is 2.09. The third kappa shape index (κ3) is 2.94. The van der Waals surface area contributed by atoms with Crippen molar-refractivity contribution in [1.82, 2.24) is 0 Å². The van der Waals surface area contributed by atoms with E-state index in [1.54, 1.807) is 6.92 Å². The highest BCUT2D eigenvalue weighted by molar-refractivity contribution is 9.09. The van der Waals surface area contributed by atoms with Gasteiger partial charge in [-0.1, -0.05) is 54.9 Å². The van der Waals surface area contributed by atoms with Gasteiger partial charge in [-0.3, -0.25) is 4.79 Å². The van der Waals surface area contributed by atoms with E-state index in [0.717, 1.165) is 11.1 Å². The molecule has 0 spiro atoms. The number of alkyl halides is 1. The molecule has 0 radical (unpaired) electrons. The van der Waals surface area contributed by atoms with Crippen molar-refractivity contribution in [2.24, 2.45) is 0 Å². The molecule has 0 aliphatic rings. The molecule has 0 saturated carbocycles. The number of carbonyl (C=O) groups excluding carboxylic acids is 1. The predicted octanol–water partition coefficient (Wildman–Crippen LogP) is 4.32. The van der Waals surface area contributed by atoms with Crippen molar-refractivity contribution in [2.75, 3.05) is 0 Å². The lowest BCUT2D eigenvalue weighted by Gasteiger charge is -2.21. The van der Waals surface area contributed by atoms with Gasteiger partial charge in [0.1, 0.15) is 5.78 Å². The van der Waals surface area contributed by atoms with Crippen molar-refractivity contribution in [2.45, 2.75) is 44.9 Å². The van der Waals surface area contributed by atoms with Gasteiger partial charge in [-0.15, -0.1) is 0 Å². The SMILES string of the molecule is CC(=O)C(Br)c1cc(C(C)(C)C)ccc1C. The van der Waals surface area contributed by atoms with E-state index in [1.807, 2.05) is 6.92 Å². The summed E-state index contributed by atoms with van der Waals surface area (Å²) in [6.45, 7) is 10.2. The van der Waals surface area contributed by atoms with Gasteiger partial charge in [0.2, 0.25) is 0 Å². The molecule has 0 aliphatic heterocycles. The maximum atomic E-state index is 11.4. The molecule has 0 aromatic heterocycles. The molecule has 1 unspecified atom stereocenters. The van der Waals surface area contributed by atoms with E-state index in [4.69, 9.17) is 0 Å². The number of halogens is 1. The Morgan fingerprint density at radius 2 is 1.88 bits per heavy atom. The zero-order chi connectivity index (χ0) is 12.5. The molecule has 0 N–H and O–H groups in total. The summed E-state index contributed by atoms with van der Waals surface area (Å²) >= 11 is 3.45. The molecule has 2 heteroatoms. The Bertz CT molecular complexity index is 402. The van der Waals surface area contributed by atoms with Crippen LogP contribution >= 0.6 is 15.9 Å². The van der Waals surface area contributed by atoms with Crippen LogP contribution in [0.5, 0.6) is 0 Å². The van der Waals surface area contributed by atoms with E-state index in [-0.39, 0.29) is 16.0 Å². The van der Waals surface area contributed by atoms with Crippen LogP contribution in [0, 0.1) is 6.92 Å². The van der Waals surface area contributed by atoms with Crippen molar-refractivity contribution in [3.63, 3.8) is 0 Å². The molecule has 1 rings (SSSR count). The number of hydrogen-bond acceptors (Lipinski definition) is 1. The summed E-state index contributed by atoms with van der Waals surface area (Å²) in [6.07, 6.45) is 0. The summed E-state index contributed by atoms with van der Waals surface area (Å²) in [4.78, 5) is 11.2. The largest absolute Gasteiger partial charge is 0.298 e. The van der Waals surface area contributed by atoms with E-state index in [9.17, 15) is 4.79 Å². The first-order chi connectivity index (χ1) is 7.23. The number of aryl methyl sites for hydroxylation is 1. The second kappa shape index (κ2) is 4.70. The summed E-state index contributed by atoms with van der Waals surface area (Å²) in [7, 11) is 0. The number of Topliss-reactive ketones (excluding diaryl/α,β-unsaturated/α-hetero) is 1. The van der Waals surface area contributed by atoms with Crippen LogP contribution in [-0.4, -0.2) is 5.78 Å². The van der Waals surface area contributed by atoms with Gasteiger partial charge >= 0.3 is 0 Å². The number of ketones is 1. The van der Waals surface area contributed by atoms with Gasteiger partial charge < -0.3 is 0 Å². The summed E-state index contributed by atoms with van der Waals surface area (Å²) in [5.41, 5.74) is 3.62. The number of carbonyl (C=O) groups is 1. The number of benzene rings is 1. The molecule has 1 nitrogen and oxygen atoms in total. The predicted molar refractivity (Wildman–Crippen MR) is 72.2 cm³/mol. The summed E-state index contributed by atoms with van der Waals surface area (Å²) in [6, 6.07) is 6.36. The van der Waals surface area contributed by atoms with Crippen LogP contribution in [-0.2, 0) is 10.2 Å². The van der Waals surface area contributed by atoms with Gasteiger partial charge in [0.25, 0.3) is 0 Å². The standard InChI is InChI=1S/C14H19BrO/c1-9-6-7-11(14(3,4)5)8-12(9)13(15)10(2)16/h6-8,13H,1-5H3. The highest BCUT2D eigenvalue weighted by Gasteiger charge is 2.19. The van der Waals surface area contributed by atoms with Crippen molar-refractivity contribution in [1.29, 1.82) is 0 Å². The molecular formula is C14H19BrO. The van der Waals surface area contributed by atoms with E-state index < -0.39 is 0 Å². The van der Waals surface area contributed by atoms with Crippen LogP contribution in [0.3, 0.4) is 0 Å². The smallest absolute Gasteiger partial charge is 0.147 e. The second-order valence-corrected chi connectivity index (χ2v) is 6.21. The molecular weight excluding hydrogens is 264 g/mol. The van der Waals surface area contributed by atoms with E-state index >= 15 is 0 Å². The molecule has 1 atom stereocenters. The minimum Gasteiger partial charge on any atom is -0.298 e. The van der Waals surface area contributed by atoms with E-state index in [2.05, 4.69) is 54.9 Å². The Morgan fingerprint density at radius 3 is 2.31 bits per heavy atom. The molecule has 0 bridgehead atoms. The number of hydrogen-bond donors (Lipinski definition) is 0. The van der Waals surface area contributed by atoms with Gasteiger partial charge in [-0.25, -0.2) is 0 Å². The maximum absolute atomic E-state index is 11.4. The Kier molecular flexibility index (Phi) is 3.95. The zero-order valence-corrected chi connectivity index (χ0v) is 12.2. The molecule has 0 fully saturated rings. The van der Waals surface area contributed by atoms with E-state index in [0.29, 0.717) is 0 Å². The van der Waals surface area contributed by atoms with Gasteiger partial charge in [-0.2, -0.15) is 0 Å². The molecule has 0 amide bonds. The third-order valence-electron chi connectivity index (χ3n) is 2.78. The van der Waals surface area contributed by atoms with Crippen molar-refractivity contribution >= 4 is 21.7 Å². The van der Waals surface area contributed by atoms with Crippen molar-refractivity contribution in [3.8, 4) is 0 Å². The quantitative estimate of drug-likeness (QED) is 0.739. The Hall–Kier alpha value is -0.630. The third-order valence-corrected chi connectivity index (χ3v) is 3.91. The summed E-state index contributed by atoms with van der Waals surface area (Å²) < 4.78 is 0. The topological polar surface area (TPSA) is 17.1 Å². The van der Waals surface area contributed by atoms with Gasteiger partial charge in [0, 0.05) is 0 Å². The Labute approximate surface area is 106 Å². The fourth-order valence-electron chi connectivity index (χ4n) is 1.60. The van der Waals surface area contributed by atoms with Crippen LogP contribution in [0.25, 0.3) is 0 Å². The highest BCUT2D eigenvalue weighted by atomic mass is 79.9. The molecule has 0 saturated heterocycles. The molecule has 88 valence electrons. The van der Waals surface area contributed by atoms with Crippen LogP contribution in [0.2, 0.25) is 0 Å². The Morgan fingerprint density at radius 1 is 1.31 bits per heavy atom. The lowest BCUT2D eigenvalue weighted by atomic mass is 9.84. The first-order valence-corrected chi connectivity index (χ1v) is 6.40. The Balaban J connectivity index is 3.24. The normalized spacial score (nSPS) is 13.6. The van der Waals surface area contributed by atoms with Crippen molar-refractivity contribution in [3.05, 3.63) is 34.9 Å². The van der Waals surface area contributed by atoms with Crippen LogP contribution in [0.15, 0.2) is 18.2 Å². The van der Waals surface area contributed by atoms with Gasteiger partial charge in [0.05, 0.1) is 4.83 Å². The first-order valence-electron chi connectivity index (χ1n) is 5.49. The minimum absolute atomic E-state index is 0.117. The summed E-state index contributed by atoms with van der Waals surface area (Å²) in [5, 5.41) is 0. The average Bonchev–Trinajstić information content (AvgIpc) is 2.15. The lowest BCUT2D eigenvalue weighted by Crippen LogP contribution is -2.13.